The van der Waals surface area contributed by atoms with Crippen LogP contribution in [0.3, 0.4) is 0 Å². The Hall–Kier alpha value is -2.08. The molecule has 0 spiro atoms. The summed E-state index contributed by atoms with van der Waals surface area (Å²) in [5, 5.41) is 3.40. The molecule has 2 rings (SSSR count). The van der Waals surface area contributed by atoms with E-state index in [0.717, 1.165) is 5.69 Å². The van der Waals surface area contributed by atoms with Crippen molar-refractivity contribution in [1.29, 1.82) is 0 Å². The second-order valence-electron chi connectivity index (χ2n) is 5.61. The van der Waals surface area contributed by atoms with Crippen LogP contribution in [0.15, 0.2) is 48.5 Å². The highest BCUT2D eigenvalue weighted by Gasteiger charge is 2.16. The van der Waals surface area contributed by atoms with Crippen molar-refractivity contribution in [1.82, 2.24) is 4.90 Å². The number of carbonyl (C=O) groups excluding carboxylic acids is 2. The largest absolute Gasteiger partial charge is 0.322 e. The standard InChI is InChI=1S/C18H19Cl2N3O2/c1-22(12-17(25)23(2)13-7-4-3-5-8-13)11-16(24)21-18-14(19)9-6-10-15(18)20/h3-10H,11-12H2,1-2H3,(H,21,24). The van der Waals surface area contributed by atoms with Crippen molar-refractivity contribution < 1.29 is 9.59 Å². The van der Waals surface area contributed by atoms with Gasteiger partial charge in [0.15, 0.2) is 0 Å². The lowest BCUT2D eigenvalue weighted by molar-refractivity contribution is -0.120. The van der Waals surface area contributed by atoms with E-state index in [1.807, 2.05) is 30.3 Å². The van der Waals surface area contributed by atoms with Gasteiger partial charge in [-0.1, -0.05) is 47.5 Å². The van der Waals surface area contributed by atoms with E-state index in [2.05, 4.69) is 5.32 Å². The number of hydrogen-bond donors (Lipinski definition) is 1. The second-order valence-corrected chi connectivity index (χ2v) is 6.42. The monoisotopic (exact) mass is 379 g/mol. The number of nitrogens with zero attached hydrogens (tertiary/aromatic N) is 2. The molecule has 5 nitrogen and oxygen atoms in total. The molecule has 2 amide bonds. The first-order chi connectivity index (χ1) is 11.9. The van der Waals surface area contributed by atoms with E-state index >= 15 is 0 Å². The minimum absolute atomic E-state index is 0.0376. The van der Waals surface area contributed by atoms with Crippen molar-refractivity contribution in [3.05, 3.63) is 58.6 Å². The van der Waals surface area contributed by atoms with E-state index in [4.69, 9.17) is 23.2 Å². The molecule has 0 aliphatic rings. The van der Waals surface area contributed by atoms with Gasteiger partial charge in [-0.3, -0.25) is 14.5 Å². The maximum Gasteiger partial charge on any atom is 0.240 e. The van der Waals surface area contributed by atoms with Crippen LogP contribution in [0.5, 0.6) is 0 Å². The van der Waals surface area contributed by atoms with Gasteiger partial charge in [-0.2, -0.15) is 0 Å². The number of carbonyl (C=O) groups is 2. The minimum atomic E-state index is -0.298. The molecule has 25 heavy (non-hydrogen) atoms. The summed E-state index contributed by atoms with van der Waals surface area (Å²) >= 11 is 12.1. The van der Waals surface area contributed by atoms with Crippen molar-refractivity contribution >= 4 is 46.4 Å². The number of benzene rings is 2. The Morgan fingerprint density at radius 1 is 0.920 bits per heavy atom. The van der Waals surface area contributed by atoms with Crippen LogP contribution in [0.4, 0.5) is 11.4 Å². The Bertz CT molecular complexity index is 733. The molecule has 0 aliphatic heterocycles. The summed E-state index contributed by atoms with van der Waals surface area (Å²) in [6.45, 7) is 0.144. The maximum absolute atomic E-state index is 12.3. The molecular weight excluding hydrogens is 361 g/mol. The van der Waals surface area contributed by atoms with Gasteiger partial charge in [0.2, 0.25) is 11.8 Å². The van der Waals surface area contributed by atoms with Gasteiger partial charge >= 0.3 is 0 Å². The van der Waals surface area contributed by atoms with Crippen LogP contribution >= 0.6 is 23.2 Å². The first kappa shape index (κ1) is 19.2. The molecule has 0 saturated heterocycles. The van der Waals surface area contributed by atoms with Crippen LogP contribution in [-0.4, -0.2) is 43.9 Å². The Kier molecular flexibility index (Phi) is 6.82. The third kappa shape index (κ3) is 5.46. The number of halogens is 2. The van der Waals surface area contributed by atoms with Crippen molar-refractivity contribution in [2.45, 2.75) is 0 Å². The number of rotatable bonds is 6. The van der Waals surface area contributed by atoms with E-state index < -0.39 is 0 Å². The van der Waals surface area contributed by atoms with E-state index in [-0.39, 0.29) is 24.9 Å². The number of anilines is 2. The zero-order chi connectivity index (χ0) is 18.4. The van der Waals surface area contributed by atoms with Crippen LogP contribution < -0.4 is 10.2 Å². The molecule has 2 aromatic rings. The summed E-state index contributed by atoms with van der Waals surface area (Å²) in [5.74, 6) is -0.412. The predicted molar refractivity (Wildman–Crippen MR) is 102 cm³/mol. The molecule has 1 N–H and O–H groups in total. The topological polar surface area (TPSA) is 52.7 Å². The van der Waals surface area contributed by atoms with Gasteiger partial charge in [-0.25, -0.2) is 0 Å². The van der Waals surface area contributed by atoms with Gasteiger partial charge < -0.3 is 10.2 Å². The van der Waals surface area contributed by atoms with E-state index in [9.17, 15) is 9.59 Å². The quantitative estimate of drug-likeness (QED) is 0.834. The first-order valence-electron chi connectivity index (χ1n) is 7.62. The first-order valence-corrected chi connectivity index (χ1v) is 8.38. The lowest BCUT2D eigenvalue weighted by atomic mass is 10.3. The SMILES string of the molecule is CN(CC(=O)Nc1c(Cl)cccc1Cl)CC(=O)N(C)c1ccccc1. The lowest BCUT2D eigenvalue weighted by Crippen LogP contribution is -2.39. The van der Waals surface area contributed by atoms with Gasteiger partial charge in [0.25, 0.3) is 0 Å². The van der Waals surface area contributed by atoms with E-state index in [1.165, 1.54) is 0 Å². The summed E-state index contributed by atoms with van der Waals surface area (Å²) in [6.07, 6.45) is 0. The van der Waals surface area contributed by atoms with Crippen LogP contribution in [0.1, 0.15) is 0 Å². The van der Waals surface area contributed by atoms with Crippen molar-refractivity contribution in [2.24, 2.45) is 0 Å². The average molecular weight is 380 g/mol. The molecule has 0 atom stereocenters. The Morgan fingerprint density at radius 3 is 2.12 bits per heavy atom. The average Bonchev–Trinajstić information content (AvgIpc) is 2.58. The summed E-state index contributed by atoms with van der Waals surface area (Å²) in [4.78, 5) is 27.6. The zero-order valence-corrected chi connectivity index (χ0v) is 15.5. The van der Waals surface area contributed by atoms with Crippen molar-refractivity contribution in [3.63, 3.8) is 0 Å². The Morgan fingerprint density at radius 2 is 1.52 bits per heavy atom. The summed E-state index contributed by atoms with van der Waals surface area (Å²) < 4.78 is 0. The number of hydrogen-bond acceptors (Lipinski definition) is 3. The van der Waals surface area contributed by atoms with Crippen LogP contribution in [0.25, 0.3) is 0 Å². The normalized spacial score (nSPS) is 10.6. The fraction of sp³-hybridized carbons (Fsp3) is 0.222. The van der Waals surface area contributed by atoms with Gasteiger partial charge in [0.1, 0.15) is 0 Å². The molecule has 132 valence electrons. The van der Waals surface area contributed by atoms with Gasteiger partial charge in [-0.05, 0) is 31.3 Å². The Labute approximate surface area is 157 Å². The molecule has 2 aromatic carbocycles. The maximum atomic E-state index is 12.3. The van der Waals surface area contributed by atoms with Crippen molar-refractivity contribution in [2.75, 3.05) is 37.4 Å². The molecular formula is C18H19Cl2N3O2. The van der Waals surface area contributed by atoms with E-state index in [0.29, 0.717) is 15.7 Å². The third-order valence-corrected chi connectivity index (χ3v) is 4.19. The fourth-order valence-corrected chi connectivity index (χ4v) is 2.72. The second kappa shape index (κ2) is 8.85. The highest BCUT2D eigenvalue weighted by Crippen LogP contribution is 2.29. The number of nitrogens with one attached hydrogen (secondary N) is 1. The highest BCUT2D eigenvalue weighted by atomic mass is 35.5. The highest BCUT2D eigenvalue weighted by molar-refractivity contribution is 6.39. The van der Waals surface area contributed by atoms with Gasteiger partial charge in [0, 0.05) is 12.7 Å². The van der Waals surface area contributed by atoms with Crippen LogP contribution in [0.2, 0.25) is 10.0 Å². The number of para-hydroxylation sites is 2. The zero-order valence-electron chi connectivity index (χ0n) is 14.0. The van der Waals surface area contributed by atoms with Gasteiger partial charge in [-0.15, -0.1) is 0 Å². The molecule has 0 bridgehead atoms. The summed E-state index contributed by atoms with van der Waals surface area (Å²) in [5.41, 5.74) is 1.17. The van der Waals surface area contributed by atoms with Crippen molar-refractivity contribution in [3.8, 4) is 0 Å². The molecule has 0 fully saturated rings. The smallest absolute Gasteiger partial charge is 0.240 e. The Balaban J connectivity index is 1.90. The van der Waals surface area contributed by atoms with Gasteiger partial charge in [0.05, 0.1) is 28.8 Å². The van der Waals surface area contributed by atoms with E-state index in [1.54, 1.807) is 42.1 Å². The summed E-state index contributed by atoms with van der Waals surface area (Å²) in [7, 11) is 3.40. The lowest BCUT2D eigenvalue weighted by Gasteiger charge is -2.21. The molecule has 0 aliphatic carbocycles. The fourth-order valence-electron chi connectivity index (χ4n) is 2.23. The molecule has 0 heterocycles. The predicted octanol–water partition coefficient (Wildman–Crippen LogP) is 3.53. The number of likely N-dealkylation sites (N-methyl/N-ethyl adjacent to an activating group) is 2. The third-order valence-electron chi connectivity index (χ3n) is 3.56. The summed E-state index contributed by atoms with van der Waals surface area (Å²) in [6, 6.07) is 14.3. The molecule has 0 saturated carbocycles. The van der Waals surface area contributed by atoms with Crippen LogP contribution in [0, 0.1) is 0 Å². The minimum Gasteiger partial charge on any atom is -0.322 e. The molecule has 7 heteroatoms. The molecule has 0 aromatic heterocycles. The molecule has 0 radical (unpaired) electrons. The molecule has 0 unspecified atom stereocenters. The van der Waals surface area contributed by atoms with Crippen LogP contribution in [-0.2, 0) is 9.59 Å². The number of amides is 2.